The third-order valence-corrected chi connectivity index (χ3v) is 6.27. The lowest BCUT2D eigenvalue weighted by Gasteiger charge is -2.14. The fourth-order valence-corrected chi connectivity index (χ4v) is 3.92. The van der Waals surface area contributed by atoms with Gasteiger partial charge in [0.05, 0.1) is 15.5 Å². The van der Waals surface area contributed by atoms with E-state index in [1.807, 2.05) is 0 Å². The Bertz CT molecular complexity index is 1350. The van der Waals surface area contributed by atoms with Crippen molar-refractivity contribution in [2.24, 2.45) is 21.4 Å². The fourth-order valence-electron chi connectivity index (χ4n) is 2.89. The maximum absolute atomic E-state index is 12.8. The van der Waals surface area contributed by atoms with Crippen molar-refractivity contribution in [3.63, 3.8) is 0 Å². The Balaban J connectivity index is 1.88. The van der Waals surface area contributed by atoms with Gasteiger partial charge in [-0.05, 0) is 48.5 Å². The SMILES string of the molecule is NS(=O)(=O)c1ccc(NC(=O)[C@H]2C(=O)N(c3ccc(S(N)(=O)=O)cc3)C(=O)/C2=N/O)cc1. The average Bonchev–Trinajstić information content (AvgIpc) is 2.96. The Labute approximate surface area is 181 Å². The molecule has 2 aromatic carbocycles. The number of hydrogen-bond acceptors (Lipinski definition) is 9. The number of carbonyl (C=O) groups is 3. The van der Waals surface area contributed by atoms with E-state index in [1.54, 1.807) is 0 Å². The van der Waals surface area contributed by atoms with Crippen LogP contribution in [0.3, 0.4) is 0 Å². The highest BCUT2D eigenvalue weighted by Gasteiger charge is 2.50. The van der Waals surface area contributed by atoms with Gasteiger partial charge in [-0.2, -0.15) is 0 Å². The van der Waals surface area contributed by atoms with Gasteiger partial charge in [-0.3, -0.25) is 14.4 Å². The maximum Gasteiger partial charge on any atom is 0.284 e. The number of benzene rings is 2. The van der Waals surface area contributed by atoms with Crippen LogP contribution < -0.4 is 20.5 Å². The van der Waals surface area contributed by atoms with Crippen molar-refractivity contribution in [3.8, 4) is 0 Å². The summed E-state index contributed by atoms with van der Waals surface area (Å²) in [6, 6.07) is 9.01. The molecular weight excluding hydrogens is 466 g/mol. The molecule has 32 heavy (non-hydrogen) atoms. The van der Waals surface area contributed by atoms with Gasteiger partial charge in [-0.15, -0.1) is 0 Å². The second-order valence-electron chi connectivity index (χ2n) is 6.49. The Morgan fingerprint density at radius 3 is 1.81 bits per heavy atom. The van der Waals surface area contributed by atoms with E-state index in [1.165, 1.54) is 12.1 Å². The van der Waals surface area contributed by atoms with Crippen molar-refractivity contribution < 1.29 is 36.4 Å². The van der Waals surface area contributed by atoms with E-state index in [-0.39, 0.29) is 21.2 Å². The van der Waals surface area contributed by atoms with Gasteiger partial charge in [0.2, 0.25) is 26.0 Å². The van der Waals surface area contributed by atoms with Gasteiger partial charge in [0.25, 0.3) is 11.8 Å². The molecule has 0 aliphatic carbocycles. The number of oxime groups is 1. The summed E-state index contributed by atoms with van der Waals surface area (Å²) in [6.45, 7) is 0. The third-order valence-electron chi connectivity index (χ3n) is 4.41. The van der Waals surface area contributed by atoms with E-state index in [9.17, 15) is 36.4 Å². The van der Waals surface area contributed by atoms with Gasteiger partial charge < -0.3 is 10.5 Å². The molecule has 3 amide bonds. The molecule has 0 spiro atoms. The summed E-state index contributed by atoms with van der Waals surface area (Å²) >= 11 is 0. The van der Waals surface area contributed by atoms with E-state index in [4.69, 9.17) is 10.3 Å². The quantitative estimate of drug-likeness (QED) is 0.178. The molecule has 0 unspecified atom stereocenters. The lowest BCUT2D eigenvalue weighted by molar-refractivity contribution is -0.127. The predicted molar refractivity (Wildman–Crippen MR) is 109 cm³/mol. The lowest BCUT2D eigenvalue weighted by Crippen LogP contribution is -2.34. The van der Waals surface area contributed by atoms with Crippen LogP contribution in [0.1, 0.15) is 0 Å². The van der Waals surface area contributed by atoms with E-state index < -0.39 is 49.4 Å². The van der Waals surface area contributed by atoms with Crippen molar-refractivity contribution in [2.75, 3.05) is 10.2 Å². The van der Waals surface area contributed by atoms with Crippen LogP contribution >= 0.6 is 0 Å². The van der Waals surface area contributed by atoms with Gasteiger partial charge in [-0.25, -0.2) is 32.0 Å². The summed E-state index contributed by atoms with van der Waals surface area (Å²) in [5, 5.41) is 24.3. The number of hydrogen-bond donors (Lipinski definition) is 4. The standard InChI is InChI=1S/C17H15N5O8S2/c18-31(27,28)11-5-1-9(2-6-11)20-15(23)13-14(21-26)17(25)22(16(13)24)10-3-7-12(8-4-10)32(19,29)30/h1-8,13,26H,(H,20,23)(H2,18,27,28)(H2,19,29,30)/b21-14+/t13-/m0/s1. The first-order valence-electron chi connectivity index (χ1n) is 8.51. The van der Waals surface area contributed by atoms with Crippen molar-refractivity contribution in [2.45, 2.75) is 9.79 Å². The van der Waals surface area contributed by atoms with Gasteiger partial charge in [-0.1, -0.05) is 5.16 Å². The van der Waals surface area contributed by atoms with Crippen LogP contribution in [0.5, 0.6) is 0 Å². The molecule has 13 nitrogen and oxygen atoms in total. The maximum atomic E-state index is 12.8. The molecule has 2 aromatic rings. The summed E-state index contributed by atoms with van der Waals surface area (Å²) in [7, 11) is -7.98. The molecule has 1 saturated heterocycles. The number of primary sulfonamides is 2. The molecule has 0 aromatic heterocycles. The molecule has 1 aliphatic rings. The molecule has 1 heterocycles. The van der Waals surface area contributed by atoms with Gasteiger partial charge in [0.1, 0.15) is 0 Å². The molecule has 6 N–H and O–H groups in total. The molecular formula is C17H15N5O8S2. The van der Waals surface area contributed by atoms with Gasteiger partial charge in [0, 0.05) is 5.69 Å². The lowest BCUT2D eigenvalue weighted by atomic mass is 10.1. The first-order valence-corrected chi connectivity index (χ1v) is 11.6. The molecule has 1 atom stereocenters. The summed E-state index contributed by atoms with van der Waals surface area (Å²) in [6.07, 6.45) is 0. The van der Waals surface area contributed by atoms with Crippen molar-refractivity contribution in [1.82, 2.24) is 0 Å². The van der Waals surface area contributed by atoms with E-state index >= 15 is 0 Å². The predicted octanol–water partition coefficient (Wildman–Crippen LogP) is -1.06. The Morgan fingerprint density at radius 2 is 1.38 bits per heavy atom. The number of carbonyl (C=O) groups excluding carboxylic acids is 3. The Morgan fingerprint density at radius 1 is 0.906 bits per heavy atom. The number of nitrogens with zero attached hydrogens (tertiary/aromatic N) is 2. The molecule has 0 radical (unpaired) electrons. The zero-order valence-corrected chi connectivity index (χ0v) is 17.5. The summed E-state index contributed by atoms with van der Waals surface area (Å²) in [5.74, 6) is -4.98. The minimum atomic E-state index is -4.02. The molecule has 0 bridgehead atoms. The Hall–Kier alpha value is -3.66. The minimum Gasteiger partial charge on any atom is -0.410 e. The second kappa shape index (κ2) is 8.12. The average molecular weight is 481 g/mol. The van der Waals surface area contributed by atoms with Crippen LogP contribution in [-0.2, 0) is 34.4 Å². The van der Waals surface area contributed by atoms with E-state index in [0.29, 0.717) is 4.90 Å². The normalized spacial score (nSPS) is 18.2. The first-order chi connectivity index (χ1) is 14.8. The van der Waals surface area contributed by atoms with Gasteiger partial charge in [0.15, 0.2) is 11.6 Å². The number of nitrogens with two attached hydrogens (primary N) is 2. The highest BCUT2D eigenvalue weighted by molar-refractivity contribution is 7.89. The summed E-state index contributed by atoms with van der Waals surface area (Å²) in [4.78, 5) is 38.1. The molecule has 15 heteroatoms. The molecule has 1 fully saturated rings. The van der Waals surface area contributed by atoms with E-state index in [0.717, 1.165) is 36.4 Å². The molecule has 168 valence electrons. The number of rotatable bonds is 5. The largest absolute Gasteiger partial charge is 0.410 e. The van der Waals surface area contributed by atoms with Crippen molar-refractivity contribution in [3.05, 3.63) is 48.5 Å². The number of sulfonamides is 2. The zero-order chi connectivity index (χ0) is 23.8. The van der Waals surface area contributed by atoms with Crippen LogP contribution in [-0.4, -0.2) is 45.5 Å². The smallest absolute Gasteiger partial charge is 0.284 e. The highest BCUT2D eigenvalue weighted by atomic mass is 32.2. The van der Waals surface area contributed by atoms with Crippen LogP contribution in [0.2, 0.25) is 0 Å². The summed E-state index contributed by atoms with van der Waals surface area (Å²) < 4.78 is 45.3. The van der Waals surface area contributed by atoms with E-state index in [2.05, 4.69) is 10.5 Å². The number of anilines is 2. The van der Waals surface area contributed by atoms with Crippen LogP contribution in [0.15, 0.2) is 63.5 Å². The monoisotopic (exact) mass is 481 g/mol. The molecule has 1 aliphatic heterocycles. The van der Waals surface area contributed by atoms with Crippen LogP contribution in [0.4, 0.5) is 11.4 Å². The van der Waals surface area contributed by atoms with Gasteiger partial charge >= 0.3 is 0 Å². The number of imide groups is 1. The van der Waals surface area contributed by atoms with Crippen LogP contribution in [0.25, 0.3) is 0 Å². The van der Waals surface area contributed by atoms with Crippen molar-refractivity contribution in [1.29, 1.82) is 0 Å². The highest BCUT2D eigenvalue weighted by Crippen LogP contribution is 2.27. The second-order valence-corrected chi connectivity index (χ2v) is 9.62. The molecule has 0 saturated carbocycles. The first kappa shape index (κ1) is 23.0. The van der Waals surface area contributed by atoms with Crippen molar-refractivity contribution >= 4 is 54.9 Å². The third kappa shape index (κ3) is 4.35. The van der Waals surface area contributed by atoms with Crippen LogP contribution in [0, 0.1) is 5.92 Å². The number of nitrogens with one attached hydrogen (secondary N) is 1. The topological polar surface area (TPSA) is 219 Å². The summed E-state index contributed by atoms with van der Waals surface area (Å²) in [5.41, 5.74) is -0.763. The minimum absolute atomic E-state index is 0.0795. The Kier molecular flexibility index (Phi) is 5.84. The fraction of sp³-hybridized carbons (Fsp3) is 0.0588. The zero-order valence-electron chi connectivity index (χ0n) is 15.9. The number of amides is 3. The molecule has 3 rings (SSSR count).